The van der Waals surface area contributed by atoms with Gasteiger partial charge in [0.1, 0.15) is 6.61 Å². The first kappa shape index (κ1) is 44.7. The summed E-state index contributed by atoms with van der Waals surface area (Å²) in [6.07, 6.45) is 30.5. The molecule has 0 aliphatic heterocycles. The summed E-state index contributed by atoms with van der Waals surface area (Å²) in [5.74, 6) is -0.850. The van der Waals surface area contributed by atoms with Gasteiger partial charge in [0.15, 0.2) is 6.10 Å². The van der Waals surface area contributed by atoms with E-state index in [1.165, 1.54) is 122 Å². The summed E-state index contributed by atoms with van der Waals surface area (Å²) in [5, 5.41) is 6.95. The molecular formula is C36H70NO8P. The van der Waals surface area contributed by atoms with Crippen molar-refractivity contribution in [2.24, 2.45) is 0 Å². The molecule has 272 valence electrons. The van der Waals surface area contributed by atoms with Crippen LogP contribution < -0.4 is 0 Å². The molecule has 0 aromatic heterocycles. The first-order valence-corrected chi connectivity index (χ1v) is 20.3. The van der Waals surface area contributed by atoms with Crippen LogP contribution in [0, 0.1) is 5.41 Å². The number of carbonyl (C=O) groups is 2. The molecule has 0 aromatic rings. The third kappa shape index (κ3) is 32.7. The van der Waals surface area contributed by atoms with Crippen LogP contribution in [0.3, 0.4) is 0 Å². The molecule has 0 heterocycles. The topological polar surface area (TPSA) is 132 Å². The predicted molar refractivity (Wildman–Crippen MR) is 187 cm³/mol. The first-order chi connectivity index (χ1) is 22.3. The highest BCUT2D eigenvalue weighted by Crippen LogP contribution is 2.43. The van der Waals surface area contributed by atoms with Crippen LogP contribution in [0.15, 0.2) is 0 Å². The number of carbonyl (C=O) groups excluding carboxylic acids is 2. The molecule has 2 atom stereocenters. The molecule has 9 nitrogen and oxygen atoms in total. The van der Waals surface area contributed by atoms with E-state index in [9.17, 15) is 19.0 Å². The van der Waals surface area contributed by atoms with E-state index in [2.05, 4.69) is 18.4 Å². The van der Waals surface area contributed by atoms with Crippen molar-refractivity contribution in [1.29, 1.82) is 5.41 Å². The van der Waals surface area contributed by atoms with Gasteiger partial charge in [0.2, 0.25) is 0 Å². The van der Waals surface area contributed by atoms with Gasteiger partial charge in [-0.3, -0.25) is 18.6 Å². The van der Waals surface area contributed by atoms with Gasteiger partial charge in [-0.1, -0.05) is 162 Å². The molecule has 0 amide bonds. The highest BCUT2D eigenvalue weighted by Gasteiger charge is 2.25. The van der Waals surface area contributed by atoms with Crippen LogP contribution in [0.5, 0.6) is 0 Å². The SMILES string of the molecule is CCCCCCCCCCCCCCCCCC(=O)O[C@H](COC(=O)CCCCCCCCCCCC)COP(=O)(O)OCC=N. The standard InChI is InChI=1S/C36H70NO8P/c1-3-5-7-9-11-13-15-16-17-18-19-21-23-25-27-29-36(39)45-34(33-44-46(40,41)43-31-30-37)32-42-35(38)28-26-24-22-20-14-12-10-8-6-4-2/h30,34,37H,3-29,31-33H2,1-2H3,(H,40,41)/t34-/m1/s1. The molecular weight excluding hydrogens is 605 g/mol. The van der Waals surface area contributed by atoms with E-state index in [0.717, 1.165) is 38.3 Å². The average Bonchev–Trinajstić information content (AvgIpc) is 3.04. The number of ether oxygens (including phenoxy) is 2. The molecule has 2 N–H and O–H groups in total. The number of esters is 2. The maximum Gasteiger partial charge on any atom is 0.472 e. The number of phosphoric acid groups is 1. The van der Waals surface area contributed by atoms with Crippen molar-refractivity contribution in [1.82, 2.24) is 0 Å². The maximum atomic E-state index is 12.5. The monoisotopic (exact) mass is 675 g/mol. The fourth-order valence-corrected chi connectivity index (χ4v) is 6.05. The van der Waals surface area contributed by atoms with Gasteiger partial charge in [-0.05, 0) is 12.8 Å². The molecule has 46 heavy (non-hydrogen) atoms. The summed E-state index contributed by atoms with van der Waals surface area (Å²) in [5.41, 5.74) is 0. The second-order valence-corrected chi connectivity index (χ2v) is 14.1. The molecule has 0 spiro atoms. The quantitative estimate of drug-likeness (QED) is 0.0290. The van der Waals surface area contributed by atoms with Crippen LogP contribution in [0.25, 0.3) is 0 Å². The fraction of sp³-hybridized carbons (Fsp3) is 0.917. The van der Waals surface area contributed by atoms with Gasteiger partial charge >= 0.3 is 19.8 Å². The van der Waals surface area contributed by atoms with E-state index in [1.54, 1.807) is 0 Å². The number of rotatable bonds is 36. The minimum Gasteiger partial charge on any atom is -0.462 e. The van der Waals surface area contributed by atoms with Crippen molar-refractivity contribution in [3.05, 3.63) is 0 Å². The number of phosphoric ester groups is 1. The van der Waals surface area contributed by atoms with Crippen LogP contribution in [0.4, 0.5) is 0 Å². The minimum absolute atomic E-state index is 0.225. The Morgan fingerprint density at radius 2 is 0.957 bits per heavy atom. The zero-order valence-corrected chi connectivity index (χ0v) is 30.5. The van der Waals surface area contributed by atoms with Gasteiger partial charge in [0.25, 0.3) is 0 Å². The van der Waals surface area contributed by atoms with Crippen LogP contribution in [0.1, 0.15) is 187 Å². The van der Waals surface area contributed by atoms with E-state index < -0.39 is 32.5 Å². The molecule has 0 fully saturated rings. The molecule has 0 radical (unpaired) electrons. The van der Waals surface area contributed by atoms with Crippen LogP contribution in [-0.4, -0.2) is 49.0 Å². The Kier molecular flexibility index (Phi) is 32.7. The fourth-order valence-electron chi connectivity index (χ4n) is 5.36. The van der Waals surface area contributed by atoms with E-state index in [1.807, 2.05) is 0 Å². The minimum atomic E-state index is -4.43. The summed E-state index contributed by atoms with van der Waals surface area (Å²) in [4.78, 5) is 34.5. The van der Waals surface area contributed by atoms with Crippen molar-refractivity contribution in [2.75, 3.05) is 19.8 Å². The molecule has 0 bridgehead atoms. The Bertz CT molecular complexity index is 766. The lowest BCUT2D eigenvalue weighted by Gasteiger charge is -2.19. The Labute approximate surface area is 281 Å². The van der Waals surface area contributed by atoms with Gasteiger partial charge in [-0.15, -0.1) is 0 Å². The largest absolute Gasteiger partial charge is 0.472 e. The smallest absolute Gasteiger partial charge is 0.462 e. The van der Waals surface area contributed by atoms with Crippen LogP contribution in [0.2, 0.25) is 0 Å². The van der Waals surface area contributed by atoms with Crippen LogP contribution >= 0.6 is 7.82 Å². The zero-order valence-electron chi connectivity index (χ0n) is 29.6. The number of hydrogen-bond acceptors (Lipinski definition) is 8. The molecule has 0 aromatic carbocycles. The lowest BCUT2D eigenvalue weighted by molar-refractivity contribution is -0.161. The van der Waals surface area contributed by atoms with Crippen molar-refractivity contribution in [2.45, 2.75) is 193 Å². The number of hydrogen-bond donors (Lipinski definition) is 2. The maximum absolute atomic E-state index is 12.5. The van der Waals surface area contributed by atoms with E-state index in [4.69, 9.17) is 19.4 Å². The Morgan fingerprint density at radius 3 is 1.35 bits per heavy atom. The van der Waals surface area contributed by atoms with Gasteiger partial charge in [-0.25, -0.2) is 4.57 Å². The molecule has 1 unspecified atom stereocenters. The van der Waals surface area contributed by atoms with Gasteiger partial charge in [0, 0.05) is 19.1 Å². The Hall–Kier alpha value is -1.28. The molecule has 0 saturated heterocycles. The van der Waals surface area contributed by atoms with E-state index >= 15 is 0 Å². The van der Waals surface area contributed by atoms with Gasteiger partial charge in [0.05, 0.1) is 13.2 Å². The zero-order chi connectivity index (χ0) is 34.0. The van der Waals surface area contributed by atoms with Gasteiger partial charge in [-0.2, -0.15) is 0 Å². The van der Waals surface area contributed by atoms with E-state index in [0.29, 0.717) is 6.42 Å². The molecule has 0 aliphatic rings. The third-order valence-corrected chi connectivity index (χ3v) is 9.14. The number of unbranched alkanes of at least 4 members (excludes halogenated alkanes) is 23. The predicted octanol–water partition coefficient (Wildman–Crippen LogP) is 10.8. The van der Waals surface area contributed by atoms with Crippen molar-refractivity contribution in [3.63, 3.8) is 0 Å². The van der Waals surface area contributed by atoms with Gasteiger partial charge < -0.3 is 19.8 Å². The normalized spacial score (nSPS) is 13.3. The second kappa shape index (κ2) is 33.6. The lowest BCUT2D eigenvalue weighted by atomic mass is 10.0. The summed E-state index contributed by atoms with van der Waals surface area (Å²) in [6, 6.07) is 0. The van der Waals surface area contributed by atoms with Crippen LogP contribution in [-0.2, 0) is 32.7 Å². The van der Waals surface area contributed by atoms with E-state index in [-0.39, 0.29) is 26.1 Å². The molecule has 0 saturated carbocycles. The molecule has 0 rings (SSSR count). The summed E-state index contributed by atoms with van der Waals surface area (Å²) >= 11 is 0. The lowest BCUT2D eigenvalue weighted by Crippen LogP contribution is -2.29. The second-order valence-electron chi connectivity index (χ2n) is 12.7. The highest BCUT2D eigenvalue weighted by molar-refractivity contribution is 7.47. The molecule has 0 aliphatic carbocycles. The Morgan fingerprint density at radius 1 is 0.587 bits per heavy atom. The van der Waals surface area contributed by atoms with Crippen molar-refractivity contribution >= 4 is 26.0 Å². The highest BCUT2D eigenvalue weighted by atomic mass is 31.2. The van der Waals surface area contributed by atoms with Crippen molar-refractivity contribution in [3.8, 4) is 0 Å². The summed E-state index contributed by atoms with van der Waals surface area (Å²) in [7, 11) is -4.43. The average molecular weight is 676 g/mol. The van der Waals surface area contributed by atoms with Crippen molar-refractivity contribution < 1.29 is 37.6 Å². The number of nitrogens with one attached hydrogen (secondary N) is 1. The molecule has 10 heteroatoms. The third-order valence-electron chi connectivity index (χ3n) is 8.19. The Balaban J connectivity index is 4.18. The first-order valence-electron chi connectivity index (χ1n) is 18.8. The summed E-state index contributed by atoms with van der Waals surface area (Å²) in [6.45, 7) is 3.38. The summed E-state index contributed by atoms with van der Waals surface area (Å²) < 4.78 is 32.4.